The van der Waals surface area contributed by atoms with Gasteiger partial charge >= 0.3 is 12.1 Å². The molecule has 2 amide bonds. The van der Waals surface area contributed by atoms with Gasteiger partial charge in [0.15, 0.2) is 5.60 Å². The summed E-state index contributed by atoms with van der Waals surface area (Å²) in [5.41, 5.74) is 3.29. The highest BCUT2D eigenvalue weighted by atomic mass is 16.5. The molecular weight excluding hydrogens is 448 g/mol. The number of nitrogens with one attached hydrogen (secondary N) is 1. The number of carbonyl (C=O) groups is 3. The number of carboxylic acid groups (broad SMARTS) is 1. The number of likely N-dealkylation sites (tertiary alicyclic amines) is 1. The summed E-state index contributed by atoms with van der Waals surface area (Å²) in [7, 11) is 0. The molecule has 0 radical (unpaired) electrons. The molecular formula is C27H30N2O6. The van der Waals surface area contributed by atoms with Gasteiger partial charge in [-0.05, 0) is 35.1 Å². The molecule has 8 nitrogen and oxygen atoms in total. The summed E-state index contributed by atoms with van der Waals surface area (Å²) in [5, 5.41) is 12.4. The summed E-state index contributed by atoms with van der Waals surface area (Å²) >= 11 is 0. The zero-order valence-corrected chi connectivity index (χ0v) is 19.7. The second-order valence-electron chi connectivity index (χ2n) is 9.56. The van der Waals surface area contributed by atoms with Crippen LogP contribution in [0, 0.1) is 11.8 Å². The fourth-order valence-electron chi connectivity index (χ4n) is 5.75. The first-order valence-electron chi connectivity index (χ1n) is 12.2. The molecule has 0 saturated carbocycles. The van der Waals surface area contributed by atoms with E-state index < -0.39 is 23.6 Å². The van der Waals surface area contributed by atoms with Crippen LogP contribution in [0.2, 0.25) is 0 Å². The lowest BCUT2D eigenvalue weighted by atomic mass is 9.91. The van der Waals surface area contributed by atoms with Crippen molar-refractivity contribution in [1.82, 2.24) is 10.2 Å². The van der Waals surface area contributed by atoms with Crippen molar-refractivity contribution in [2.75, 3.05) is 32.8 Å². The van der Waals surface area contributed by atoms with Gasteiger partial charge in [-0.3, -0.25) is 4.79 Å². The number of hydrogen-bond acceptors (Lipinski definition) is 5. The normalized spacial score (nSPS) is 23.3. The van der Waals surface area contributed by atoms with Gasteiger partial charge in [0, 0.05) is 31.5 Å². The van der Waals surface area contributed by atoms with Crippen LogP contribution in [0.3, 0.4) is 0 Å². The molecule has 3 atom stereocenters. The van der Waals surface area contributed by atoms with Crippen molar-refractivity contribution in [2.45, 2.75) is 31.3 Å². The van der Waals surface area contributed by atoms with Gasteiger partial charge < -0.3 is 24.8 Å². The highest BCUT2D eigenvalue weighted by Gasteiger charge is 2.58. The van der Waals surface area contributed by atoms with Gasteiger partial charge in [0.05, 0.1) is 12.5 Å². The molecule has 5 rings (SSSR count). The molecule has 184 valence electrons. The van der Waals surface area contributed by atoms with Crippen molar-refractivity contribution in [2.24, 2.45) is 11.8 Å². The van der Waals surface area contributed by atoms with E-state index >= 15 is 0 Å². The highest BCUT2D eigenvalue weighted by Crippen LogP contribution is 2.44. The maximum absolute atomic E-state index is 13.1. The van der Waals surface area contributed by atoms with Crippen molar-refractivity contribution in [3.05, 3.63) is 59.7 Å². The van der Waals surface area contributed by atoms with Crippen LogP contribution in [0.15, 0.2) is 48.5 Å². The standard InChI is InChI=1S/C27H30N2O6/c1-2-17(24(30)29-14-18-11-12-35-27(18,16-29)25(31)32)13-28-26(33)34-15-23-21-9-5-3-7-19(21)20-8-4-6-10-22(20)23/h3-10,17-18,23H,2,11-16H2,1H3,(H,28,33)(H,31,32). The smallest absolute Gasteiger partial charge is 0.407 e. The zero-order chi connectivity index (χ0) is 24.6. The molecule has 3 aliphatic rings. The Bertz CT molecular complexity index is 1100. The minimum Gasteiger partial charge on any atom is -0.479 e. The van der Waals surface area contributed by atoms with Crippen molar-refractivity contribution >= 4 is 18.0 Å². The van der Waals surface area contributed by atoms with Gasteiger partial charge in [-0.25, -0.2) is 9.59 Å². The topological polar surface area (TPSA) is 105 Å². The average molecular weight is 479 g/mol. The summed E-state index contributed by atoms with van der Waals surface area (Å²) in [6, 6.07) is 16.3. The fraction of sp³-hybridized carbons (Fsp3) is 0.444. The van der Waals surface area contributed by atoms with Crippen molar-refractivity contribution < 1.29 is 29.0 Å². The lowest BCUT2D eigenvalue weighted by Crippen LogP contribution is -2.47. The molecule has 2 saturated heterocycles. The highest BCUT2D eigenvalue weighted by molar-refractivity contribution is 5.85. The van der Waals surface area contributed by atoms with E-state index in [0.29, 0.717) is 26.0 Å². The number of hydrogen-bond donors (Lipinski definition) is 2. The van der Waals surface area contributed by atoms with E-state index in [9.17, 15) is 19.5 Å². The number of nitrogens with zero attached hydrogens (tertiary/aromatic N) is 1. The molecule has 2 N–H and O–H groups in total. The Morgan fingerprint density at radius 2 is 1.80 bits per heavy atom. The molecule has 0 spiro atoms. The second kappa shape index (κ2) is 9.34. The quantitative estimate of drug-likeness (QED) is 0.633. The molecule has 2 aromatic carbocycles. The van der Waals surface area contributed by atoms with Gasteiger partial charge in [0.2, 0.25) is 5.91 Å². The molecule has 2 aromatic rings. The molecule has 1 aliphatic carbocycles. The number of aliphatic carboxylic acids is 1. The number of benzene rings is 2. The molecule has 35 heavy (non-hydrogen) atoms. The summed E-state index contributed by atoms with van der Waals surface area (Å²) in [4.78, 5) is 39.0. The van der Waals surface area contributed by atoms with E-state index in [0.717, 1.165) is 22.3 Å². The van der Waals surface area contributed by atoms with E-state index in [1.807, 2.05) is 31.2 Å². The molecule has 2 fully saturated rings. The van der Waals surface area contributed by atoms with Crippen LogP contribution >= 0.6 is 0 Å². The minimum atomic E-state index is -1.30. The molecule has 2 heterocycles. The molecule has 0 bridgehead atoms. The van der Waals surface area contributed by atoms with Gasteiger partial charge in [-0.15, -0.1) is 0 Å². The number of alkyl carbamates (subject to hydrolysis) is 1. The van der Waals surface area contributed by atoms with Crippen molar-refractivity contribution in [1.29, 1.82) is 0 Å². The van der Waals surface area contributed by atoms with Crippen LogP contribution in [0.4, 0.5) is 4.79 Å². The molecule has 3 unspecified atom stereocenters. The Labute approximate surface area is 204 Å². The largest absolute Gasteiger partial charge is 0.479 e. The Hall–Kier alpha value is -3.39. The minimum absolute atomic E-state index is 0.0343. The summed E-state index contributed by atoms with van der Waals surface area (Å²) in [5.74, 6) is -1.87. The van der Waals surface area contributed by atoms with Crippen LogP contribution in [-0.4, -0.2) is 66.4 Å². The first-order valence-corrected chi connectivity index (χ1v) is 12.2. The average Bonchev–Trinajstić information content (AvgIpc) is 3.53. The van der Waals surface area contributed by atoms with E-state index in [4.69, 9.17) is 9.47 Å². The number of fused-ring (bicyclic) bond motifs is 4. The number of carbonyl (C=O) groups excluding carboxylic acids is 2. The zero-order valence-electron chi connectivity index (χ0n) is 19.7. The summed E-state index contributed by atoms with van der Waals surface area (Å²) in [6.07, 6.45) is 0.580. The van der Waals surface area contributed by atoms with Gasteiger partial charge in [0.25, 0.3) is 0 Å². The predicted octanol–water partition coefficient (Wildman–Crippen LogP) is 3.25. The lowest BCUT2D eigenvalue weighted by Gasteiger charge is -2.25. The first kappa shape index (κ1) is 23.4. The van der Waals surface area contributed by atoms with Crippen molar-refractivity contribution in [3.8, 4) is 11.1 Å². The van der Waals surface area contributed by atoms with E-state index in [-0.39, 0.29) is 37.4 Å². The van der Waals surface area contributed by atoms with Crippen LogP contribution < -0.4 is 5.32 Å². The van der Waals surface area contributed by atoms with E-state index in [2.05, 4.69) is 29.6 Å². The fourth-order valence-corrected chi connectivity index (χ4v) is 5.75. The van der Waals surface area contributed by atoms with Gasteiger partial charge in [-0.1, -0.05) is 55.5 Å². The Balaban J connectivity index is 1.17. The molecule has 8 heteroatoms. The van der Waals surface area contributed by atoms with E-state index in [1.54, 1.807) is 4.90 Å². The summed E-state index contributed by atoms with van der Waals surface area (Å²) in [6.45, 7) is 3.03. The number of rotatable bonds is 7. The van der Waals surface area contributed by atoms with Crippen LogP contribution in [-0.2, 0) is 19.1 Å². The Kier molecular flexibility index (Phi) is 6.23. The lowest BCUT2D eigenvalue weighted by molar-refractivity contribution is -0.161. The van der Waals surface area contributed by atoms with Crippen molar-refractivity contribution in [3.63, 3.8) is 0 Å². The van der Waals surface area contributed by atoms with Gasteiger partial charge in [0.1, 0.15) is 6.61 Å². The van der Waals surface area contributed by atoms with Gasteiger partial charge in [-0.2, -0.15) is 0 Å². The predicted molar refractivity (Wildman–Crippen MR) is 128 cm³/mol. The van der Waals surface area contributed by atoms with E-state index in [1.165, 1.54) is 0 Å². The Morgan fingerprint density at radius 3 is 2.40 bits per heavy atom. The SMILES string of the molecule is CCC(CNC(=O)OCC1c2ccccc2-c2ccccc21)C(=O)N1CC2CCOC2(C(=O)O)C1. The molecule has 0 aromatic heterocycles. The molecule has 2 aliphatic heterocycles. The third-order valence-corrected chi connectivity index (χ3v) is 7.70. The van der Waals surface area contributed by atoms with Crippen LogP contribution in [0.1, 0.15) is 36.8 Å². The third-order valence-electron chi connectivity index (χ3n) is 7.70. The monoisotopic (exact) mass is 478 g/mol. The summed E-state index contributed by atoms with van der Waals surface area (Å²) < 4.78 is 11.1. The number of amides is 2. The number of carboxylic acids is 1. The van der Waals surface area contributed by atoms with Crippen LogP contribution in [0.5, 0.6) is 0 Å². The maximum Gasteiger partial charge on any atom is 0.407 e. The first-order chi connectivity index (χ1) is 16.9. The Morgan fingerprint density at radius 1 is 1.14 bits per heavy atom. The second-order valence-corrected chi connectivity index (χ2v) is 9.56. The van der Waals surface area contributed by atoms with Crippen LogP contribution in [0.25, 0.3) is 11.1 Å². The number of ether oxygens (including phenoxy) is 2. The third kappa shape index (κ3) is 4.05. The maximum atomic E-state index is 13.1.